The maximum atomic E-state index is 12.8. The third-order valence-electron chi connectivity index (χ3n) is 4.17. The second kappa shape index (κ2) is 7.53. The first-order valence-corrected chi connectivity index (χ1v) is 8.30. The number of amides is 2. The lowest BCUT2D eigenvalue weighted by atomic mass is 10.1. The van der Waals surface area contributed by atoms with Crippen molar-refractivity contribution in [2.45, 2.75) is 0 Å². The molecular weight excluding hydrogens is 342 g/mol. The molecule has 1 fully saturated rings. The van der Waals surface area contributed by atoms with E-state index in [1.165, 1.54) is 7.11 Å². The molecule has 130 valence electrons. The zero-order valence-electron chi connectivity index (χ0n) is 13.8. The van der Waals surface area contributed by atoms with Crippen LogP contribution in [0.25, 0.3) is 0 Å². The number of methoxy groups -OCH3 is 1. The lowest BCUT2D eigenvalue weighted by Gasteiger charge is -2.35. The van der Waals surface area contributed by atoms with Gasteiger partial charge < -0.3 is 14.5 Å². The van der Waals surface area contributed by atoms with Crippen LogP contribution < -0.4 is 4.74 Å². The van der Waals surface area contributed by atoms with Crippen LogP contribution in [0.15, 0.2) is 42.7 Å². The van der Waals surface area contributed by atoms with E-state index in [-0.39, 0.29) is 11.8 Å². The Hall–Kier alpha value is -2.60. The SMILES string of the molecule is COc1ccc(Cl)cc1C(=O)N1CCN(C(=O)c2ccncc2)CC1. The predicted molar refractivity (Wildman–Crippen MR) is 94.0 cm³/mol. The normalized spacial score (nSPS) is 14.3. The average Bonchev–Trinajstić information content (AvgIpc) is 2.67. The van der Waals surface area contributed by atoms with Crippen LogP contribution >= 0.6 is 11.6 Å². The zero-order valence-corrected chi connectivity index (χ0v) is 14.6. The number of ether oxygens (including phenoxy) is 1. The molecule has 1 aromatic carbocycles. The summed E-state index contributed by atoms with van der Waals surface area (Å²) in [4.78, 5) is 32.6. The Morgan fingerprint density at radius 3 is 2.20 bits per heavy atom. The molecule has 2 amide bonds. The Balaban J connectivity index is 1.67. The molecule has 0 aliphatic carbocycles. The molecule has 6 nitrogen and oxygen atoms in total. The van der Waals surface area contributed by atoms with Gasteiger partial charge in [0.05, 0.1) is 12.7 Å². The Bertz CT molecular complexity index is 774. The quantitative estimate of drug-likeness (QED) is 0.843. The van der Waals surface area contributed by atoms with Crippen LogP contribution in [0.4, 0.5) is 0 Å². The van der Waals surface area contributed by atoms with Crippen LogP contribution in [-0.4, -0.2) is 59.9 Å². The van der Waals surface area contributed by atoms with E-state index >= 15 is 0 Å². The van der Waals surface area contributed by atoms with Gasteiger partial charge in [0, 0.05) is 49.2 Å². The summed E-state index contributed by atoms with van der Waals surface area (Å²) in [6, 6.07) is 8.35. The van der Waals surface area contributed by atoms with Gasteiger partial charge in [0.15, 0.2) is 0 Å². The van der Waals surface area contributed by atoms with Gasteiger partial charge in [-0.25, -0.2) is 0 Å². The van der Waals surface area contributed by atoms with Crippen molar-refractivity contribution < 1.29 is 14.3 Å². The smallest absolute Gasteiger partial charge is 0.257 e. The van der Waals surface area contributed by atoms with Crippen molar-refractivity contribution in [3.05, 3.63) is 58.9 Å². The van der Waals surface area contributed by atoms with Gasteiger partial charge in [0.1, 0.15) is 5.75 Å². The number of halogens is 1. The fourth-order valence-electron chi connectivity index (χ4n) is 2.81. The van der Waals surface area contributed by atoms with Gasteiger partial charge >= 0.3 is 0 Å². The summed E-state index contributed by atoms with van der Waals surface area (Å²) in [5, 5.41) is 0.482. The first kappa shape index (κ1) is 17.2. The fraction of sp³-hybridized carbons (Fsp3) is 0.278. The number of hydrogen-bond donors (Lipinski definition) is 0. The molecule has 0 unspecified atom stereocenters. The van der Waals surface area contributed by atoms with Gasteiger partial charge in [-0.1, -0.05) is 11.6 Å². The molecule has 0 bridgehead atoms. The predicted octanol–water partition coefficient (Wildman–Crippen LogP) is 2.34. The average molecular weight is 360 g/mol. The fourth-order valence-corrected chi connectivity index (χ4v) is 2.98. The molecule has 1 aliphatic heterocycles. The van der Waals surface area contributed by atoms with Gasteiger partial charge in [-0.05, 0) is 30.3 Å². The first-order valence-electron chi connectivity index (χ1n) is 7.92. The summed E-state index contributed by atoms with van der Waals surface area (Å²) >= 11 is 6.01. The van der Waals surface area contributed by atoms with Crippen LogP contribution in [-0.2, 0) is 0 Å². The van der Waals surface area contributed by atoms with Crippen molar-refractivity contribution >= 4 is 23.4 Å². The van der Waals surface area contributed by atoms with E-state index in [1.54, 1.807) is 52.5 Å². The first-order chi connectivity index (χ1) is 12.1. The summed E-state index contributed by atoms with van der Waals surface area (Å²) in [7, 11) is 1.52. The number of benzene rings is 1. The zero-order chi connectivity index (χ0) is 17.8. The number of rotatable bonds is 3. The minimum atomic E-state index is -0.143. The van der Waals surface area contributed by atoms with E-state index in [9.17, 15) is 9.59 Å². The van der Waals surface area contributed by atoms with Crippen LogP contribution in [0.5, 0.6) is 5.75 Å². The van der Waals surface area contributed by atoms with Crippen LogP contribution in [0.3, 0.4) is 0 Å². The molecule has 0 saturated carbocycles. The van der Waals surface area contributed by atoms with Crippen LogP contribution in [0.2, 0.25) is 5.02 Å². The summed E-state index contributed by atoms with van der Waals surface area (Å²) in [6.45, 7) is 1.89. The molecule has 3 rings (SSSR count). The van der Waals surface area contributed by atoms with Crippen molar-refractivity contribution in [1.82, 2.24) is 14.8 Å². The number of pyridine rings is 1. The van der Waals surface area contributed by atoms with Crippen LogP contribution in [0, 0.1) is 0 Å². The topological polar surface area (TPSA) is 62.7 Å². The molecule has 1 aliphatic rings. The Morgan fingerprint density at radius 2 is 1.60 bits per heavy atom. The van der Waals surface area contributed by atoms with Gasteiger partial charge in [-0.15, -0.1) is 0 Å². The Morgan fingerprint density at radius 1 is 1.00 bits per heavy atom. The van der Waals surface area contributed by atoms with E-state index in [0.29, 0.717) is 48.1 Å². The molecule has 1 aromatic heterocycles. The number of carbonyl (C=O) groups is 2. The van der Waals surface area contributed by atoms with E-state index in [2.05, 4.69) is 4.98 Å². The minimum absolute atomic E-state index is 0.0464. The molecular formula is C18H18ClN3O3. The summed E-state index contributed by atoms with van der Waals surface area (Å²) in [5.41, 5.74) is 1.04. The molecule has 2 heterocycles. The second-order valence-electron chi connectivity index (χ2n) is 5.66. The number of nitrogens with zero attached hydrogens (tertiary/aromatic N) is 3. The van der Waals surface area contributed by atoms with E-state index in [1.807, 2.05) is 0 Å². The summed E-state index contributed by atoms with van der Waals surface area (Å²) < 4.78 is 5.25. The van der Waals surface area contributed by atoms with E-state index < -0.39 is 0 Å². The number of piperazine rings is 1. The lowest BCUT2D eigenvalue weighted by Crippen LogP contribution is -2.50. The number of aromatic nitrogens is 1. The molecule has 25 heavy (non-hydrogen) atoms. The second-order valence-corrected chi connectivity index (χ2v) is 6.10. The molecule has 0 radical (unpaired) electrons. The van der Waals surface area contributed by atoms with Crippen LogP contribution in [0.1, 0.15) is 20.7 Å². The van der Waals surface area contributed by atoms with Gasteiger partial charge in [0.2, 0.25) is 0 Å². The van der Waals surface area contributed by atoms with E-state index in [4.69, 9.17) is 16.3 Å². The van der Waals surface area contributed by atoms with Crippen molar-refractivity contribution in [1.29, 1.82) is 0 Å². The summed E-state index contributed by atoms with van der Waals surface area (Å²) in [5.74, 6) is 0.301. The maximum Gasteiger partial charge on any atom is 0.257 e. The standard InChI is InChI=1S/C18H18ClN3O3/c1-25-16-3-2-14(19)12-15(16)18(24)22-10-8-21(9-11-22)17(23)13-4-6-20-7-5-13/h2-7,12H,8-11H2,1H3. The molecule has 0 spiro atoms. The van der Waals surface area contributed by atoms with Gasteiger partial charge in [0.25, 0.3) is 11.8 Å². The third-order valence-corrected chi connectivity index (χ3v) is 4.41. The minimum Gasteiger partial charge on any atom is -0.496 e. The van der Waals surface area contributed by atoms with Crippen molar-refractivity contribution in [2.24, 2.45) is 0 Å². The highest BCUT2D eigenvalue weighted by Gasteiger charge is 2.27. The summed E-state index contributed by atoms with van der Waals surface area (Å²) in [6.07, 6.45) is 3.19. The maximum absolute atomic E-state index is 12.8. The van der Waals surface area contributed by atoms with Gasteiger partial charge in [-0.2, -0.15) is 0 Å². The monoisotopic (exact) mass is 359 g/mol. The highest BCUT2D eigenvalue weighted by molar-refractivity contribution is 6.31. The largest absolute Gasteiger partial charge is 0.496 e. The van der Waals surface area contributed by atoms with Gasteiger partial charge in [-0.3, -0.25) is 14.6 Å². The number of carbonyl (C=O) groups excluding carboxylic acids is 2. The highest BCUT2D eigenvalue weighted by atomic mass is 35.5. The highest BCUT2D eigenvalue weighted by Crippen LogP contribution is 2.24. The van der Waals surface area contributed by atoms with Crippen molar-refractivity contribution in [3.8, 4) is 5.75 Å². The van der Waals surface area contributed by atoms with Crippen molar-refractivity contribution in [3.63, 3.8) is 0 Å². The van der Waals surface area contributed by atoms with E-state index in [0.717, 1.165) is 0 Å². The van der Waals surface area contributed by atoms with Crippen molar-refractivity contribution in [2.75, 3.05) is 33.3 Å². The third kappa shape index (κ3) is 3.74. The molecule has 0 atom stereocenters. The number of hydrogen-bond acceptors (Lipinski definition) is 4. The molecule has 0 N–H and O–H groups in total. The Kier molecular flexibility index (Phi) is 5.19. The lowest BCUT2D eigenvalue weighted by molar-refractivity contribution is 0.0533. The Labute approximate surface area is 151 Å². The molecule has 2 aromatic rings. The molecule has 7 heteroatoms. The molecule has 1 saturated heterocycles.